The molecule has 0 radical (unpaired) electrons. The summed E-state index contributed by atoms with van der Waals surface area (Å²) in [6.07, 6.45) is 2.35. The zero-order chi connectivity index (χ0) is 19.1. The topological polar surface area (TPSA) is 121 Å². The van der Waals surface area contributed by atoms with Gasteiger partial charge in [-0.1, -0.05) is 30.0 Å². The van der Waals surface area contributed by atoms with Crippen molar-refractivity contribution in [3.05, 3.63) is 35.9 Å². The fourth-order valence-electron chi connectivity index (χ4n) is 2.10. The number of hydrogen-bond acceptors (Lipinski definition) is 10. The average molecular weight is 389 g/mol. The highest BCUT2D eigenvalue weighted by Crippen LogP contribution is 2.23. The van der Waals surface area contributed by atoms with E-state index < -0.39 is 5.97 Å². The van der Waals surface area contributed by atoms with Crippen molar-refractivity contribution in [1.29, 1.82) is 0 Å². The maximum Gasteiger partial charge on any atom is 0.338 e. The highest BCUT2D eigenvalue weighted by molar-refractivity contribution is 7.98. The van der Waals surface area contributed by atoms with E-state index in [-0.39, 0.29) is 36.9 Å². The second kappa shape index (κ2) is 9.05. The van der Waals surface area contributed by atoms with E-state index in [0.717, 1.165) is 0 Å². The summed E-state index contributed by atoms with van der Waals surface area (Å²) in [4.78, 5) is 32.8. The average Bonchev–Trinajstić information content (AvgIpc) is 3.19. The standard InChI is InChI=1S/C16H15N5O5S/c1-27-16-17-13-12(19-26-20-13)14(18-16)21(9-22)10-24-7-8-25-15(23)11-5-3-2-4-6-11/h2-6,9H,7-8,10H2,1H3. The number of nitrogens with zero attached hydrogens (tertiary/aromatic N) is 5. The molecule has 11 heteroatoms. The molecule has 2 heterocycles. The molecule has 0 bridgehead atoms. The predicted octanol–water partition coefficient (Wildman–Crippen LogP) is 1.53. The lowest BCUT2D eigenvalue weighted by Crippen LogP contribution is -2.27. The number of rotatable bonds is 9. The van der Waals surface area contributed by atoms with Crippen LogP contribution in [0, 0.1) is 0 Å². The maximum absolute atomic E-state index is 11.8. The quantitative estimate of drug-likeness (QED) is 0.133. The summed E-state index contributed by atoms with van der Waals surface area (Å²) in [6, 6.07) is 8.63. The molecule has 0 fully saturated rings. The van der Waals surface area contributed by atoms with Gasteiger partial charge in [-0.15, -0.1) is 0 Å². The molecular formula is C16H15N5O5S. The number of carbonyl (C=O) groups excluding carboxylic acids is 2. The number of aromatic nitrogens is 4. The third-order valence-electron chi connectivity index (χ3n) is 3.37. The molecule has 1 aromatic carbocycles. The second-order valence-corrected chi connectivity index (χ2v) is 5.86. The van der Waals surface area contributed by atoms with Gasteiger partial charge >= 0.3 is 5.97 Å². The molecule has 0 aliphatic rings. The Morgan fingerprint density at radius 2 is 2.04 bits per heavy atom. The van der Waals surface area contributed by atoms with E-state index in [0.29, 0.717) is 17.1 Å². The number of anilines is 1. The number of thioether (sulfide) groups is 1. The van der Waals surface area contributed by atoms with Crippen molar-refractivity contribution in [1.82, 2.24) is 20.3 Å². The Morgan fingerprint density at radius 1 is 1.22 bits per heavy atom. The number of benzene rings is 1. The molecule has 0 N–H and O–H groups in total. The van der Waals surface area contributed by atoms with Crippen LogP contribution in [0.1, 0.15) is 10.4 Å². The van der Waals surface area contributed by atoms with Crippen LogP contribution < -0.4 is 4.90 Å². The van der Waals surface area contributed by atoms with Gasteiger partial charge in [0.25, 0.3) is 0 Å². The summed E-state index contributed by atoms with van der Waals surface area (Å²) in [5.74, 6) is -0.218. The molecule has 27 heavy (non-hydrogen) atoms. The minimum atomic E-state index is -0.442. The van der Waals surface area contributed by atoms with Gasteiger partial charge in [0.2, 0.25) is 12.1 Å². The first kappa shape index (κ1) is 18.7. The summed E-state index contributed by atoms with van der Waals surface area (Å²) < 4.78 is 15.2. The van der Waals surface area contributed by atoms with Crippen LogP contribution in [-0.2, 0) is 14.3 Å². The molecule has 0 aliphatic carbocycles. The first-order chi connectivity index (χ1) is 13.2. The van der Waals surface area contributed by atoms with Crippen LogP contribution >= 0.6 is 11.8 Å². The zero-order valence-corrected chi connectivity index (χ0v) is 15.1. The monoisotopic (exact) mass is 389 g/mol. The van der Waals surface area contributed by atoms with E-state index in [4.69, 9.17) is 9.47 Å². The molecule has 3 aromatic rings. The number of amides is 1. The zero-order valence-electron chi connectivity index (χ0n) is 14.3. The van der Waals surface area contributed by atoms with Gasteiger partial charge in [-0.05, 0) is 28.7 Å². The number of fused-ring (bicyclic) bond motifs is 1. The van der Waals surface area contributed by atoms with Crippen LogP contribution in [0.3, 0.4) is 0 Å². The van der Waals surface area contributed by atoms with Gasteiger partial charge < -0.3 is 9.47 Å². The Kier molecular flexibility index (Phi) is 6.28. The maximum atomic E-state index is 11.8. The lowest BCUT2D eigenvalue weighted by molar-refractivity contribution is -0.108. The Labute approximate surface area is 157 Å². The molecule has 3 rings (SSSR count). The lowest BCUT2D eigenvalue weighted by atomic mass is 10.2. The van der Waals surface area contributed by atoms with Crippen molar-refractivity contribution in [2.45, 2.75) is 5.16 Å². The summed E-state index contributed by atoms with van der Waals surface area (Å²) >= 11 is 1.29. The molecule has 0 atom stereocenters. The van der Waals surface area contributed by atoms with Crippen molar-refractivity contribution in [3.8, 4) is 0 Å². The predicted molar refractivity (Wildman–Crippen MR) is 95.3 cm³/mol. The van der Waals surface area contributed by atoms with Crippen molar-refractivity contribution < 1.29 is 23.7 Å². The Bertz CT molecular complexity index is 920. The van der Waals surface area contributed by atoms with Crippen LogP contribution in [0.5, 0.6) is 0 Å². The highest BCUT2D eigenvalue weighted by atomic mass is 32.2. The van der Waals surface area contributed by atoms with Crippen LogP contribution in [0.4, 0.5) is 5.82 Å². The van der Waals surface area contributed by atoms with E-state index >= 15 is 0 Å². The largest absolute Gasteiger partial charge is 0.460 e. The Hall–Kier alpha value is -3.05. The van der Waals surface area contributed by atoms with Crippen molar-refractivity contribution in [2.24, 2.45) is 0 Å². The van der Waals surface area contributed by atoms with E-state index in [2.05, 4.69) is 24.9 Å². The second-order valence-electron chi connectivity index (χ2n) is 5.08. The molecule has 0 aliphatic heterocycles. The van der Waals surface area contributed by atoms with Gasteiger partial charge in [-0.25, -0.2) is 14.4 Å². The molecule has 140 valence electrons. The number of hydrogen-bond donors (Lipinski definition) is 0. The molecule has 2 aromatic heterocycles. The van der Waals surface area contributed by atoms with E-state index in [1.807, 2.05) is 6.07 Å². The summed E-state index contributed by atoms with van der Waals surface area (Å²) in [5.41, 5.74) is 0.950. The van der Waals surface area contributed by atoms with E-state index in [1.54, 1.807) is 30.5 Å². The third kappa shape index (κ3) is 4.57. The minimum Gasteiger partial charge on any atom is -0.460 e. The minimum absolute atomic E-state index is 0.0428. The molecule has 0 saturated carbocycles. The van der Waals surface area contributed by atoms with Crippen molar-refractivity contribution in [3.63, 3.8) is 0 Å². The van der Waals surface area contributed by atoms with Crippen LogP contribution in [0.15, 0.2) is 40.1 Å². The summed E-state index contributed by atoms with van der Waals surface area (Å²) in [5, 5.41) is 7.80. The molecule has 0 unspecified atom stereocenters. The third-order valence-corrected chi connectivity index (χ3v) is 3.92. The molecule has 1 amide bonds. The number of esters is 1. The Morgan fingerprint density at radius 3 is 2.78 bits per heavy atom. The first-order valence-electron chi connectivity index (χ1n) is 7.79. The fourth-order valence-corrected chi connectivity index (χ4v) is 2.46. The molecule has 10 nitrogen and oxygen atoms in total. The van der Waals surface area contributed by atoms with Gasteiger partial charge in [0.1, 0.15) is 13.3 Å². The first-order valence-corrected chi connectivity index (χ1v) is 9.01. The van der Waals surface area contributed by atoms with Gasteiger partial charge in [0.15, 0.2) is 16.5 Å². The van der Waals surface area contributed by atoms with Gasteiger partial charge in [-0.3, -0.25) is 9.69 Å². The van der Waals surface area contributed by atoms with Crippen LogP contribution in [0.2, 0.25) is 0 Å². The van der Waals surface area contributed by atoms with Gasteiger partial charge in [0.05, 0.1) is 12.2 Å². The molecular weight excluding hydrogens is 374 g/mol. The lowest BCUT2D eigenvalue weighted by Gasteiger charge is -2.16. The normalized spacial score (nSPS) is 10.7. The van der Waals surface area contributed by atoms with Crippen molar-refractivity contribution >= 4 is 41.1 Å². The SMILES string of the molecule is CSc1nc(N(C=O)COCCOC(=O)c2ccccc2)c2nonc2n1. The van der Waals surface area contributed by atoms with Gasteiger partial charge in [0, 0.05) is 0 Å². The highest BCUT2D eigenvalue weighted by Gasteiger charge is 2.18. The fraction of sp³-hybridized carbons (Fsp3) is 0.250. The van der Waals surface area contributed by atoms with Crippen LogP contribution in [-0.4, -0.2) is 58.9 Å². The smallest absolute Gasteiger partial charge is 0.338 e. The number of carbonyl (C=O) groups is 2. The summed E-state index contributed by atoms with van der Waals surface area (Å²) in [6.45, 7) is 0.0317. The van der Waals surface area contributed by atoms with Crippen molar-refractivity contribution in [2.75, 3.05) is 31.1 Å². The summed E-state index contributed by atoms with van der Waals surface area (Å²) in [7, 11) is 0. The van der Waals surface area contributed by atoms with Crippen LogP contribution in [0.25, 0.3) is 11.2 Å². The van der Waals surface area contributed by atoms with Gasteiger partial charge in [-0.2, -0.15) is 4.98 Å². The Balaban J connectivity index is 1.55. The number of ether oxygens (including phenoxy) is 2. The van der Waals surface area contributed by atoms with E-state index in [1.165, 1.54) is 16.7 Å². The molecule has 0 spiro atoms. The van der Waals surface area contributed by atoms with E-state index in [9.17, 15) is 9.59 Å². The molecule has 0 saturated heterocycles.